The standard InChI is InChI=1S/C18H20N2O5S/c1-4-25-17(22)10-13-11-26-18(19-13)20-16(21)8-6-12-5-7-14(23-2)15(9-12)24-3/h5-9,11H,4,10H2,1-3H3,(H,19,20,21)/b8-6+. The Morgan fingerprint density at radius 1 is 1.23 bits per heavy atom. The van der Waals surface area contributed by atoms with E-state index in [1.165, 1.54) is 17.4 Å². The van der Waals surface area contributed by atoms with Crippen LogP contribution in [0.4, 0.5) is 5.13 Å². The number of carbonyl (C=O) groups is 2. The van der Waals surface area contributed by atoms with E-state index < -0.39 is 0 Å². The van der Waals surface area contributed by atoms with Crippen LogP contribution in [-0.4, -0.2) is 37.7 Å². The van der Waals surface area contributed by atoms with Gasteiger partial charge in [-0.05, 0) is 30.7 Å². The summed E-state index contributed by atoms with van der Waals surface area (Å²) in [5.41, 5.74) is 1.35. The number of carbonyl (C=O) groups excluding carboxylic acids is 2. The van der Waals surface area contributed by atoms with Crippen LogP contribution in [0.2, 0.25) is 0 Å². The van der Waals surface area contributed by atoms with Crippen molar-refractivity contribution in [1.29, 1.82) is 0 Å². The van der Waals surface area contributed by atoms with Gasteiger partial charge in [-0.1, -0.05) is 6.07 Å². The smallest absolute Gasteiger partial charge is 0.311 e. The molecule has 1 heterocycles. The Bertz CT molecular complexity index is 801. The summed E-state index contributed by atoms with van der Waals surface area (Å²) in [7, 11) is 3.11. The van der Waals surface area contributed by atoms with Gasteiger partial charge in [-0.15, -0.1) is 11.3 Å². The van der Waals surface area contributed by atoms with Crippen molar-refractivity contribution >= 4 is 34.4 Å². The Morgan fingerprint density at radius 3 is 2.69 bits per heavy atom. The van der Waals surface area contributed by atoms with Gasteiger partial charge in [0.05, 0.1) is 32.9 Å². The summed E-state index contributed by atoms with van der Waals surface area (Å²) in [4.78, 5) is 27.6. The van der Waals surface area contributed by atoms with Crippen LogP contribution < -0.4 is 14.8 Å². The molecule has 0 unspecified atom stereocenters. The van der Waals surface area contributed by atoms with Crippen LogP contribution in [0, 0.1) is 0 Å². The molecular weight excluding hydrogens is 356 g/mol. The second kappa shape index (κ2) is 9.57. The fourth-order valence-corrected chi connectivity index (χ4v) is 2.79. The third-order valence-electron chi connectivity index (χ3n) is 3.25. The van der Waals surface area contributed by atoms with Gasteiger partial charge in [0.2, 0.25) is 5.91 Å². The Labute approximate surface area is 155 Å². The number of methoxy groups -OCH3 is 2. The molecule has 0 aliphatic heterocycles. The molecule has 138 valence electrons. The van der Waals surface area contributed by atoms with Crippen molar-refractivity contribution in [2.75, 3.05) is 26.1 Å². The molecule has 0 saturated carbocycles. The second-order valence-corrected chi connectivity index (χ2v) is 5.92. The van der Waals surface area contributed by atoms with E-state index in [0.717, 1.165) is 5.56 Å². The average molecular weight is 376 g/mol. The maximum atomic E-state index is 12.0. The van der Waals surface area contributed by atoms with Gasteiger partial charge in [-0.3, -0.25) is 14.9 Å². The number of thiazole rings is 1. The maximum Gasteiger partial charge on any atom is 0.311 e. The molecule has 0 bridgehead atoms. The summed E-state index contributed by atoms with van der Waals surface area (Å²) in [6.45, 7) is 2.07. The number of aromatic nitrogens is 1. The molecule has 0 radical (unpaired) electrons. The SMILES string of the molecule is CCOC(=O)Cc1csc(NC(=O)/C=C/c2ccc(OC)c(OC)c2)n1. The van der Waals surface area contributed by atoms with E-state index in [9.17, 15) is 9.59 Å². The van der Waals surface area contributed by atoms with E-state index in [1.807, 2.05) is 6.07 Å². The van der Waals surface area contributed by atoms with Crippen LogP contribution in [0.25, 0.3) is 6.08 Å². The molecule has 0 atom stereocenters. The predicted octanol–water partition coefficient (Wildman–Crippen LogP) is 2.92. The molecule has 0 fully saturated rings. The summed E-state index contributed by atoms with van der Waals surface area (Å²) in [5.74, 6) is 0.533. The quantitative estimate of drug-likeness (QED) is 0.563. The lowest BCUT2D eigenvalue weighted by atomic mass is 10.2. The molecule has 8 heteroatoms. The van der Waals surface area contributed by atoms with Gasteiger partial charge in [0.1, 0.15) is 0 Å². The molecule has 1 amide bonds. The molecule has 1 aromatic carbocycles. The van der Waals surface area contributed by atoms with Crippen molar-refractivity contribution in [2.24, 2.45) is 0 Å². The Morgan fingerprint density at radius 2 is 2.00 bits per heavy atom. The van der Waals surface area contributed by atoms with Crippen molar-refractivity contribution in [3.63, 3.8) is 0 Å². The van der Waals surface area contributed by atoms with Gasteiger partial charge in [-0.25, -0.2) is 4.98 Å². The Kier molecular flexibility index (Phi) is 7.16. The van der Waals surface area contributed by atoms with Crippen LogP contribution >= 0.6 is 11.3 Å². The molecule has 0 spiro atoms. The molecule has 2 aromatic rings. The van der Waals surface area contributed by atoms with Crippen molar-refractivity contribution in [2.45, 2.75) is 13.3 Å². The van der Waals surface area contributed by atoms with Crippen LogP contribution in [0.1, 0.15) is 18.2 Å². The van der Waals surface area contributed by atoms with Gasteiger partial charge >= 0.3 is 5.97 Å². The highest BCUT2D eigenvalue weighted by atomic mass is 32.1. The van der Waals surface area contributed by atoms with E-state index in [1.54, 1.807) is 44.7 Å². The topological polar surface area (TPSA) is 86.8 Å². The highest BCUT2D eigenvalue weighted by molar-refractivity contribution is 7.14. The molecular formula is C18H20N2O5S. The molecule has 7 nitrogen and oxygen atoms in total. The van der Waals surface area contributed by atoms with Crippen LogP contribution in [0.5, 0.6) is 11.5 Å². The minimum absolute atomic E-state index is 0.0850. The number of benzene rings is 1. The third kappa shape index (κ3) is 5.59. The molecule has 1 N–H and O–H groups in total. The first-order chi connectivity index (χ1) is 12.5. The first-order valence-electron chi connectivity index (χ1n) is 7.86. The minimum atomic E-state index is -0.343. The lowest BCUT2D eigenvalue weighted by molar-refractivity contribution is -0.142. The zero-order valence-electron chi connectivity index (χ0n) is 14.8. The first-order valence-corrected chi connectivity index (χ1v) is 8.74. The van der Waals surface area contributed by atoms with Gasteiger partial charge in [-0.2, -0.15) is 0 Å². The zero-order valence-corrected chi connectivity index (χ0v) is 15.6. The highest BCUT2D eigenvalue weighted by Gasteiger charge is 2.09. The summed E-state index contributed by atoms with van der Waals surface area (Å²) < 4.78 is 15.3. The van der Waals surface area contributed by atoms with E-state index in [0.29, 0.717) is 28.9 Å². The van der Waals surface area contributed by atoms with E-state index in [-0.39, 0.29) is 18.3 Å². The first kappa shape index (κ1) is 19.5. The van der Waals surface area contributed by atoms with E-state index in [2.05, 4.69) is 10.3 Å². The Hall–Kier alpha value is -2.87. The number of nitrogens with one attached hydrogen (secondary N) is 1. The highest BCUT2D eigenvalue weighted by Crippen LogP contribution is 2.28. The molecule has 0 aliphatic rings. The van der Waals surface area contributed by atoms with Crippen molar-refractivity contribution < 1.29 is 23.8 Å². The van der Waals surface area contributed by atoms with Crippen LogP contribution in [0.15, 0.2) is 29.7 Å². The summed E-state index contributed by atoms with van der Waals surface area (Å²) in [6, 6.07) is 5.34. The summed E-state index contributed by atoms with van der Waals surface area (Å²) >= 11 is 1.25. The number of hydrogen-bond acceptors (Lipinski definition) is 7. The van der Waals surface area contributed by atoms with Gasteiger partial charge in [0.15, 0.2) is 16.6 Å². The zero-order chi connectivity index (χ0) is 18.9. The summed E-state index contributed by atoms with van der Waals surface area (Å²) in [5, 5.41) is 4.80. The van der Waals surface area contributed by atoms with Crippen molar-refractivity contribution in [1.82, 2.24) is 4.98 Å². The van der Waals surface area contributed by atoms with E-state index >= 15 is 0 Å². The second-order valence-electron chi connectivity index (χ2n) is 5.06. The molecule has 1 aromatic heterocycles. The molecule has 0 aliphatic carbocycles. The monoisotopic (exact) mass is 376 g/mol. The molecule has 2 rings (SSSR count). The number of anilines is 1. The maximum absolute atomic E-state index is 12.0. The lowest BCUT2D eigenvalue weighted by Gasteiger charge is -2.07. The average Bonchev–Trinajstić information content (AvgIpc) is 3.06. The molecule has 0 saturated heterocycles. The lowest BCUT2D eigenvalue weighted by Crippen LogP contribution is -2.09. The van der Waals surface area contributed by atoms with Gasteiger partial charge in [0, 0.05) is 11.5 Å². The number of nitrogens with zero attached hydrogens (tertiary/aromatic N) is 1. The number of rotatable bonds is 8. The number of esters is 1. The predicted molar refractivity (Wildman–Crippen MR) is 99.7 cm³/mol. The van der Waals surface area contributed by atoms with Gasteiger partial charge in [0.25, 0.3) is 0 Å². The number of ether oxygens (including phenoxy) is 3. The Balaban J connectivity index is 1.95. The van der Waals surface area contributed by atoms with Crippen LogP contribution in [-0.2, 0) is 20.7 Å². The van der Waals surface area contributed by atoms with Crippen molar-refractivity contribution in [3.8, 4) is 11.5 Å². The number of hydrogen-bond donors (Lipinski definition) is 1. The van der Waals surface area contributed by atoms with Crippen molar-refractivity contribution in [3.05, 3.63) is 40.9 Å². The third-order valence-corrected chi connectivity index (χ3v) is 4.05. The number of amides is 1. The fourth-order valence-electron chi connectivity index (χ4n) is 2.08. The largest absolute Gasteiger partial charge is 0.493 e. The minimum Gasteiger partial charge on any atom is -0.493 e. The van der Waals surface area contributed by atoms with Crippen LogP contribution in [0.3, 0.4) is 0 Å². The van der Waals surface area contributed by atoms with Gasteiger partial charge < -0.3 is 14.2 Å². The fraction of sp³-hybridized carbons (Fsp3) is 0.278. The summed E-state index contributed by atoms with van der Waals surface area (Å²) in [6.07, 6.45) is 3.14. The van der Waals surface area contributed by atoms with E-state index in [4.69, 9.17) is 14.2 Å². The normalized spacial score (nSPS) is 10.6. The molecule has 26 heavy (non-hydrogen) atoms.